The summed E-state index contributed by atoms with van der Waals surface area (Å²) >= 11 is 2.58. The smallest absolute Gasteiger partial charge is 0.289 e. The maximum absolute atomic E-state index is 12.4. The van der Waals surface area contributed by atoms with E-state index in [0.717, 1.165) is 27.3 Å². The average Bonchev–Trinajstić information content (AvgIpc) is 3.16. The Balaban J connectivity index is 1.85. The van der Waals surface area contributed by atoms with E-state index in [0.29, 0.717) is 15.3 Å². The number of nitrogens with zero attached hydrogens (tertiary/aromatic N) is 3. The van der Waals surface area contributed by atoms with E-state index in [4.69, 9.17) is 0 Å². The van der Waals surface area contributed by atoms with E-state index < -0.39 is 5.91 Å². The zero-order valence-corrected chi connectivity index (χ0v) is 14.5. The van der Waals surface area contributed by atoms with Gasteiger partial charge in [0.05, 0.1) is 5.39 Å². The molecule has 0 aliphatic carbocycles. The lowest BCUT2D eigenvalue weighted by Gasteiger charge is -2.05. The third-order valence-electron chi connectivity index (χ3n) is 3.09. The first-order valence-corrected chi connectivity index (χ1v) is 8.72. The Morgan fingerprint density at radius 3 is 2.88 bits per heavy atom. The van der Waals surface area contributed by atoms with Crippen LogP contribution >= 0.6 is 22.7 Å². The summed E-state index contributed by atoms with van der Waals surface area (Å²) in [5.41, 5.74) is 2.21. The minimum absolute atomic E-state index is 0.107. The van der Waals surface area contributed by atoms with Gasteiger partial charge in [0.15, 0.2) is 5.13 Å². The first kappa shape index (κ1) is 16.3. The Kier molecular flexibility index (Phi) is 4.40. The summed E-state index contributed by atoms with van der Waals surface area (Å²) in [7, 11) is 0. The number of rotatable bonds is 4. The number of hydrogen-bond donors (Lipinski definition) is 2. The van der Waals surface area contributed by atoms with Crippen LogP contribution in [-0.4, -0.2) is 26.5 Å². The van der Waals surface area contributed by atoms with Gasteiger partial charge in [0.1, 0.15) is 16.9 Å². The number of aryl methyl sites for hydroxylation is 1. The van der Waals surface area contributed by atoms with E-state index >= 15 is 0 Å². The molecule has 10 heteroatoms. The predicted octanol–water partition coefficient (Wildman–Crippen LogP) is 1.82. The maximum Gasteiger partial charge on any atom is 0.289 e. The SMILES string of the molecule is CCc1cc2c(=O)n(NC(=O)c3csc(NC(C)=O)n3)cnc2s1. The standard InChI is InChI=1S/C14H13N5O3S2/c1-3-8-4-9-12(24-8)15-6-19(13(9)22)18-11(21)10-5-23-14(17-10)16-7(2)20/h4-6H,3H2,1-2H3,(H,18,21)(H,16,17,20). The van der Waals surface area contributed by atoms with Crippen LogP contribution in [0.1, 0.15) is 29.2 Å². The van der Waals surface area contributed by atoms with Gasteiger partial charge >= 0.3 is 0 Å². The zero-order valence-electron chi connectivity index (χ0n) is 12.8. The summed E-state index contributed by atoms with van der Waals surface area (Å²) < 4.78 is 1.04. The molecule has 124 valence electrons. The molecule has 0 unspecified atom stereocenters. The minimum Gasteiger partial charge on any atom is -0.302 e. The summed E-state index contributed by atoms with van der Waals surface area (Å²) in [6, 6.07) is 1.79. The number of fused-ring (bicyclic) bond motifs is 1. The van der Waals surface area contributed by atoms with Gasteiger partial charge < -0.3 is 5.32 Å². The lowest BCUT2D eigenvalue weighted by atomic mass is 10.3. The molecule has 8 nitrogen and oxygen atoms in total. The first-order chi connectivity index (χ1) is 11.5. The average molecular weight is 363 g/mol. The van der Waals surface area contributed by atoms with Crippen LogP contribution in [0, 0.1) is 0 Å². The first-order valence-electron chi connectivity index (χ1n) is 7.02. The second-order valence-electron chi connectivity index (χ2n) is 4.86. The fourth-order valence-electron chi connectivity index (χ4n) is 1.98. The number of nitrogens with one attached hydrogen (secondary N) is 2. The molecule has 24 heavy (non-hydrogen) atoms. The van der Waals surface area contributed by atoms with Crippen LogP contribution in [0.2, 0.25) is 0 Å². The van der Waals surface area contributed by atoms with Crippen LogP contribution < -0.4 is 16.3 Å². The number of amides is 2. The fraction of sp³-hybridized carbons (Fsp3) is 0.214. The molecule has 3 rings (SSSR count). The summed E-state index contributed by atoms with van der Waals surface area (Å²) in [4.78, 5) is 45.5. The third-order valence-corrected chi connectivity index (χ3v) is 5.04. The van der Waals surface area contributed by atoms with Crippen molar-refractivity contribution in [2.45, 2.75) is 20.3 Å². The molecule has 0 spiro atoms. The second-order valence-corrected chi connectivity index (χ2v) is 6.84. The Morgan fingerprint density at radius 1 is 1.38 bits per heavy atom. The predicted molar refractivity (Wildman–Crippen MR) is 93.4 cm³/mol. The van der Waals surface area contributed by atoms with E-state index in [1.807, 2.05) is 6.92 Å². The molecular weight excluding hydrogens is 350 g/mol. The van der Waals surface area contributed by atoms with Crippen molar-refractivity contribution in [3.8, 4) is 0 Å². The second kappa shape index (κ2) is 6.49. The molecule has 0 aromatic carbocycles. The van der Waals surface area contributed by atoms with Gasteiger partial charge in [-0.2, -0.15) is 0 Å². The van der Waals surface area contributed by atoms with Gasteiger partial charge in [0.2, 0.25) is 5.91 Å². The van der Waals surface area contributed by atoms with Crippen LogP contribution in [0.15, 0.2) is 22.6 Å². The van der Waals surface area contributed by atoms with E-state index in [1.165, 1.54) is 30.0 Å². The summed E-state index contributed by atoms with van der Waals surface area (Å²) in [6.45, 7) is 3.35. The monoisotopic (exact) mass is 363 g/mol. The molecule has 0 fully saturated rings. The van der Waals surface area contributed by atoms with Crippen molar-refractivity contribution in [2.75, 3.05) is 10.7 Å². The zero-order chi connectivity index (χ0) is 17.3. The molecule has 2 N–H and O–H groups in total. The van der Waals surface area contributed by atoms with Gasteiger partial charge in [-0.15, -0.1) is 22.7 Å². The number of anilines is 1. The maximum atomic E-state index is 12.4. The van der Waals surface area contributed by atoms with Crippen LogP contribution in [0.3, 0.4) is 0 Å². The molecule has 0 bridgehead atoms. The highest BCUT2D eigenvalue weighted by Crippen LogP contribution is 2.21. The molecule has 3 heterocycles. The van der Waals surface area contributed by atoms with Crippen molar-refractivity contribution in [3.05, 3.63) is 38.7 Å². The number of carbonyl (C=O) groups is 2. The summed E-state index contributed by atoms with van der Waals surface area (Å²) in [5, 5.41) is 4.78. The Bertz CT molecular complexity index is 988. The van der Waals surface area contributed by atoms with Gasteiger partial charge in [-0.3, -0.25) is 19.8 Å². The topological polar surface area (TPSA) is 106 Å². The number of aromatic nitrogens is 3. The van der Waals surface area contributed by atoms with Crippen LogP contribution in [0.25, 0.3) is 10.2 Å². The van der Waals surface area contributed by atoms with E-state index in [9.17, 15) is 14.4 Å². The molecular formula is C14H13N5O3S2. The highest BCUT2D eigenvalue weighted by Gasteiger charge is 2.14. The molecule has 3 aromatic rings. The van der Waals surface area contributed by atoms with Crippen molar-refractivity contribution in [1.29, 1.82) is 0 Å². The van der Waals surface area contributed by atoms with Crippen molar-refractivity contribution in [3.63, 3.8) is 0 Å². The van der Waals surface area contributed by atoms with Crippen molar-refractivity contribution >= 4 is 49.8 Å². The van der Waals surface area contributed by atoms with Gasteiger partial charge in [0.25, 0.3) is 11.5 Å². The van der Waals surface area contributed by atoms with Gasteiger partial charge in [-0.25, -0.2) is 14.6 Å². The Hall–Kier alpha value is -2.59. The molecule has 0 aliphatic rings. The lowest BCUT2D eigenvalue weighted by Crippen LogP contribution is -2.33. The van der Waals surface area contributed by atoms with E-state index in [2.05, 4.69) is 20.7 Å². The van der Waals surface area contributed by atoms with Crippen molar-refractivity contribution in [2.24, 2.45) is 0 Å². The molecule has 0 radical (unpaired) electrons. The molecule has 0 saturated heterocycles. The molecule has 0 saturated carbocycles. The van der Waals surface area contributed by atoms with Crippen LogP contribution in [0.4, 0.5) is 5.13 Å². The molecule has 3 aromatic heterocycles. The Morgan fingerprint density at radius 2 is 2.17 bits per heavy atom. The van der Waals surface area contributed by atoms with Crippen molar-refractivity contribution < 1.29 is 9.59 Å². The number of hydrogen-bond acceptors (Lipinski definition) is 7. The van der Waals surface area contributed by atoms with Gasteiger partial charge in [-0.1, -0.05) is 6.92 Å². The molecule has 2 amide bonds. The lowest BCUT2D eigenvalue weighted by molar-refractivity contribution is -0.114. The fourth-order valence-corrected chi connectivity index (χ4v) is 3.64. The normalized spacial score (nSPS) is 10.8. The number of thiazole rings is 1. The Labute approximate surface area is 144 Å². The summed E-state index contributed by atoms with van der Waals surface area (Å²) in [6.07, 6.45) is 2.09. The van der Waals surface area contributed by atoms with E-state index in [-0.39, 0.29) is 17.2 Å². The van der Waals surface area contributed by atoms with E-state index in [1.54, 1.807) is 6.07 Å². The highest BCUT2D eigenvalue weighted by molar-refractivity contribution is 7.18. The van der Waals surface area contributed by atoms with Crippen LogP contribution in [0.5, 0.6) is 0 Å². The van der Waals surface area contributed by atoms with Crippen molar-refractivity contribution in [1.82, 2.24) is 14.6 Å². The third kappa shape index (κ3) is 3.19. The minimum atomic E-state index is -0.558. The van der Waals surface area contributed by atoms with Gasteiger partial charge in [0, 0.05) is 17.2 Å². The van der Waals surface area contributed by atoms with Gasteiger partial charge in [-0.05, 0) is 12.5 Å². The largest absolute Gasteiger partial charge is 0.302 e. The highest BCUT2D eigenvalue weighted by atomic mass is 32.1. The molecule has 0 aliphatic heterocycles. The summed E-state index contributed by atoms with van der Waals surface area (Å²) in [5.74, 6) is -0.830. The number of carbonyl (C=O) groups excluding carboxylic acids is 2. The molecule has 0 atom stereocenters. The van der Waals surface area contributed by atoms with Crippen LogP contribution in [-0.2, 0) is 11.2 Å². The number of thiophene rings is 1. The quantitative estimate of drug-likeness (QED) is 0.735.